The number of hydrogen-bond donors (Lipinski definition) is 1. The SMILES string of the molecule is COC(=O)CN1C(=O)N[C@@H](Cc2ccccc2)[C@@H]1C#N. The first-order valence-electron chi connectivity index (χ1n) is 6.23. The minimum absolute atomic E-state index is 0.216. The lowest BCUT2D eigenvalue weighted by Gasteiger charge is -2.19. The normalized spacial score (nSPS) is 21.2. The van der Waals surface area contributed by atoms with Crippen molar-refractivity contribution in [1.82, 2.24) is 10.2 Å². The Hall–Kier alpha value is -2.55. The smallest absolute Gasteiger partial charge is 0.325 e. The minimum atomic E-state index is -0.679. The molecule has 0 saturated carbocycles. The van der Waals surface area contributed by atoms with Crippen molar-refractivity contribution in [2.75, 3.05) is 13.7 Å². The van der Waals surface area contributed by atoms with E-state index >= 15 is 0 Å². The summed E-state index contributed by atoms with van der Waals surface area (Å²) in [5.74, 6) is -0.541. The van der Waals surface area contributed by atoms with Crippen LogP contribution in [0.3, 0.4) is 0 Å². The van der Waals surface area contributed by atoms with Crippen LogP contribution < -0.4 is 5.32 Å². The number of hydrogen-bond acceptors (Lipinski definition) is 4. The van der Waals surface area contributed by atoms with Crippen molar-refractivity contribution in [2.24, 2.45) is 0 Å². The highest BCUT2D eigenvalue weighted by Crippen LogP contribution is 2.17. The number of nitriles is 1. The number of rotatable bonds is 4. The van der Waals surface area contributed by atoms with Gasteiger partial charge >= 0.3 is 12.0 Å². The third kappa shape index (κ3) is 2.88. The van der Waals surface area contributed by atoms with Gasteiger partial charge in [0, 0.05) is 0 Å². The van der Waals surface area contributed by atoms with Crippen molar-refractivity contribution in [3.63, 3.8) is 0 Å². The first kappa shape index (κ1) is 13.9. The Morgan fingerprint density at radius 1 is 1.45 bits per heavy atom. The van der Waals surface area contributed by atoms with Crippen LogP contribution in [0.2, 0.25) is 0 Å². The summed E-state index contributed by atoms with van der Waals surface area (Å²) in [6, 6.07) is 10.2. The molecule has 20 heavy (non-hydrogen) atoms. The number of benzene rings is 1. The molecule has 0 spiro atoms. The molecule has 0 aromatic heterocycles. The van der Waals surface area contributed by atoms with E-state index in [2.05, 4.69) is 16.1 Å². The van der Waals surface area contributed by atoms with Gasteiger partial charge in [-0.1, -0.05) is 30.3 Å². The average Bonchev–Trinajstić information content (AvgIpc) is 2.75. The molecule has 104 valence electrons. The van der Waals surface area contributed by atoms with Crippen molar-refractivity contribution < 1.29 is 14.3 Å². The molecule has 1 N–H and O–H groups in total. The van der Waals surface area contributed by atoms with E-state index in [0.29, 0.717) is 6.42 Å². The maximum atomic E-state index is 11.9. The van der Waals surface area contributed by atoms with E-state index < -0.39 is 18.0 Å². The summed E-state index contributed by atoms with van der Waals surface area (Å²) in [5, 5.41) is 12.0. The van der Waals surface area contributed by atoms with Gasteiger partial charge in [-0.05, 0) is 12.0 Å². The van der Waals surface area contributed by atoms with E-state index in [1.54, 1.807) is 0 Å². The second kappa shape index (κ2) is 6.06. The third-order valence-corrected chi connectivity index (χ3v) is 3.24. The van der Waals surface area contributed by atoms with Crippen LogP contribution in [-0.4, -0.2) is 42.6 Å². The van der Waals surface area contributed by atoms with Gasteiger partial charge in [0.05, 0.1) is 19.2 Å². The van der Waals surface area contributed by atoms with Crippen LogP contribution in [0.4, 0.5) is 4.79 Å². The number of nitrogens with zero attached hydrogens (tertiary/aromatic N) is 2. The first-order chi connectivity index (χ1) is 9.65. The largest absolute Gasteiger partial charge is 0.468 e. The van der Waals surface area contributed by atoms with E-state index in [0.717, 1.165) is 5.56 Å². The Morgan fingerprint density at radius 3 is 2.75 bits per heavy atom. The summed E-state index contributed by atoms with van der Waals surface area (Å²) >= 11 is 0. The van der Waals surface area contributed by atoms with Crippen LogP contribution in [-0.2, 0) is 16.0 Å². The summed E-state index contributed by atoms with van der Waals surface area (Å²) in [5.41, 5.74) is 1.03. The lowest BCUT2D eigenvalue weighted by Crippen LogP contribution is -2.40. The number of urea groups is 1. The molecule has 2 atom stereocenters. The monoisotopic (exact) mass is 273 g/mol. The minimum Gasteiger partial charge on any atom is -0.468 e. The Kier molecular flexibility index (Phi) is 4.20. The van der Waals surface area contributed by atoms with E-state index in [4.69, 9.17) is 0 Å². The summed E-state index contributed by atoms with van der Waals surface area (Å²) in [6.45, 7) is -0.216. The van der Waals surface area contributed by atoms with Gasteiger partial charge < -0.3 is 10.1 Å². The van der Waals surface area contributed by atoms with Crippen LogP contribution in [0.1, 0.15) is 5.56 Å². The second-order valence-corrected chi connectivity index (χ2v) is 4.52. The van der Waals surface area contributed by atoms with Crippen LogP contribution in [0.15, 0.2) is 30.3 Å². The molecule has 1 fully saturated rings. The molecule has 0 bridgehead atoms. The molecule has 1 aromatic rings. The molecule has 1 aromatic carbocycles. The highest BCUT2D eigenvalue weighted by atomic mass is 16.5. The fourth-order valence-electron chi connectivity index (χ4n) is 2.23. The predicted octanol–water partition coefficient (Wildman–Crippen LogP) is 0.688. The molecule has 1 aliphatic heterocycles. The van der Waals surface area contributed by atoms with Crippen molar-refractivity contribution in [1.29, 1.82) is 5.26 Å². The fourth-order valence-corrected chi connectivity index (χ4v) is 2.23. The van der Waals surface area contributed by atoms with Crippen LogP contribution in [0.5, 0.6) is 0 Å². The molecule has 1 aliphatic rings. The van der Waals surface area contributed by atoms with Crippen LogP contribution >= 0.6 is 0 Å². The topological polar surface area (TPSA) is 82.4 Å². The Balaban J connectivity index is 2.10. The molecule has 1 heterocycles. The number of ether oxygens (including phenoxy) is 1. The zero-order valence-corrected chi connectivity index (χ0v) is 11.1. The van der Waals surface area contributed by atoms with Crippen molar-refractivity contribution >= 4 is 12.0 Å². The molecule has 2 rings (SSSR count). The number of methoxy groups -OCH3 is 1. The summed E-state index contributed by atoms with van der Waals surface area (Å²) in [7, 11) is 1.25. The summed E-state index contributed by atoms with van der Waals surface area (Å²) < 4.78 is 4.54. The van der Waals surface area contributed by atoms with Gasteiger partial charge in [-0.25, -0.2) is 4.79 Å². The van der Waals surface area contributed by atoms with E-state index in [1.807, 2.05) is 30.3 Å². The maximum absolute atomic E-state index is 11.9. The van der Waals surface area contributed by atoms with Crippen molar-refractivity contribution in [3.8, 4) is 6.07 Å². The van der Waals surface area contributed by atoms with Gasteiger partial charge in [0.2, 0.25) is 0 Å². The van der Waals surface area contributed by atoms with Gasteiger partial charge in [0.1, 0.15) is 12.6 Å². The zero-order valence-electron chi connectivity index (χ0n) is 11.1. The molecular weight excluding hydrogens is 258 g/mol. The van der Waals surface area contributed by atoms with Crippen molar-refractivity contribution in [2.45, 2.75) is 18.5 Å². The van der Waals surface area contributed by atoms with E-state index in [9.17, 15) is 14.9 Å². The quantitative estimate of drug-likeness (QED) is 0.818. The third-order valence-electron chi connectivity index (χ3n) is 3.24. The molecular formula is C14H15N3O3. The average molecular weight is 273 g/mol. The molecule has 1 saturated heterocycles. The van der Waals surface area contributed by atoms with E-state index in [1.165, 1.54) is 12.0 Å². The zero-order chi connectivity index (χ0) is 14.5. The number of esters is 1. The maximum Gasteiger partial charge on any atom is 0.325 e. The Bertz CT molecular complexity index is 538. The van der Waals surface area contributed by atoms with Gasteiger partial charge in [-0.3, -0.25) is 9.69 Å². The molecule has 6 nitrogen and oxygen atoms in total. The van der Waals surface area contributed by atoms with Gasteiger partial charge in [-0.2, -0.15) is 5.26 Å². The number of amides is 2. The number of carbonyl (C=O) groups is 2. The van der Waals surface area contributed by atoms with Gasteiger partial charge in [-0.15, -0.1) is 0 Å². The van der Waals surface area contributed by atoms with Gasteiger partial charge in [0.25, 0.3) is 0 Å². The lowest BCUT2D eigenvalue weighted by molar-refractivity contribution is -0.141. The van der Waals surface area contributed by atoms with Crippen LogP contribution in [0, 0.1) is 11.3 Å². The molecule has 0 radical (unpaired) electrons. The molecule has 0 unspecified atom stereocenters. The number of nitrogens with one attached hydrogen (secondary N) is 1. The molecule has 6 heteroatoms. The highest BCUT2D eigenvalue weighted by molar-refractivity contribution is 5.83. The van der Waals surface area contributed by atoms with Gasteiger partial charge in [0.15, 0.2) is 0 Å². The summed E-state index contributed by atoms with van der Waals surface area (Å²) in [4.78, 5) is 24.3. The standard InChI is InChI=1S/C14H15N3O3/c1-20-13(18)9-17-12(8-15)11(16-14(17)19)7-10-5-3-2-4-6-10/h2-6,11-12H,7,9H2,1H3,(H,16,19)/t11-,12-/m0/s1. The van der Waals surface area contributed by atoms with Crippen molar-refractivity contribution in [3.05, 3.63) is 35.9 Å². The molecule has 0 aliphatic carbocycles. The Morgan fingerprint density at radius 2 is 2.15 bits per heavy atom. The van der Waals surface area contributed by atoms with E-state index in [-0.39, 0.29) is 12.6 Å². The predicted molar refractivity (Wildman–Crippen MR) is 70.6 cm³/mol. The first-order valence-corrected chi connectivity index (χ1v) is 6.23. The number of carbonyl (C=O) groups excluding carboxylic acids is 2. The fraction of sp³-hybridized carbons (Fsp3) is 0.357. The highest BCUT2D eigenvalue weighted by Gasteiger charge is 2.40. The Labute approximate surface area is 116 Å². The summed E-state index contributed by atoms with van der Waals surface area (Å²) in [6.07, 6.45) is 0.544. The molecule has 2 amide bonds. The van der Waals surface area contributed by atoms with Crippen LogP contribution in [0.25, 0.3) is 0 Å². The second-order valence-electron chi connectivity index (χ2n) is 4.52. The lowest BCUT2D eigenvalue weighted by atomic mass is 10.0.